The zero-order valence-corrected chi connectivity index (χ0v) is 10.4. The van der Waals surface area contributed by atoms with Gasteiger partial charge in [0.15, 0.2) is 11.5 Å². The molecule has 0 unspecified atom stereocenters. The molecule has 96 valence electrons. The third kappa shape index (κ3) is 2.16. The van der Waals surface area contributed by atoms with Crippen molar-refractivity contribution in [2.45, 2.75) is 12.8 Å². The summed E-state index contributed by atoms with van der Waals surface area (Å²) in [5.41, 5.74) is 0.433. The minimum atomic E-state index is -0.279. The predicted molar refractivity (Wildman–Crippen MR) is 64.8 cm³/mol. The molecule has 0 aromatic heterocycles. The Morgan fingerprint density at radius 1 is 1.22 bits per heavy atom. The molecule has 0 atom stereocenters. The number of likely N-dealkylation sites (tertiary alicyclic amines) is 1. The molecule has 1 saturated heterocycles. The smallest absolute Gasteiger partial charge is 0.260 e. The van der Waals surface area contributed by atoms with Crippen molar-refractivity contribution >= 4 is 11.8 Å². The van der Waals surface area contributed by atoms with E-state index in [1.807, 2.05) is 0 Å². The number of amides is 2. The lowest BCUT2D eigenvalue weighted by molar-refractivity contribution is -0.125. The summed E-state index contributed by atoms with van der Waals surface area (Å²) in [6.45, 7) is 0.492. The van der Waals surface area contributed by atoms with Gasteiger partial charge in [-0.25, -0.2) is 0 Å². The highest BCUT2D eigenvalue weighted by Crippen LogP contribution is 2.28. The Balaban J connectivity index is 2.28. The fourth-order valence-electron chi connectivity index (χ4n) is 1.99. The molecule has 0 aliphatic carbocycles. The number of ether oxygens (including phenoxy) is 2. The molecule has 1 aliphatic heterocycles. The standard InChI is InChI=1S/C13H15NO4/c1-17-10-6-5-9(8-11(10)18-2)13(16)14-7-3-4-12(14)15/h5-6,8H,3-4,7H2,1-2H3. The van der Waals surface area contributed by atoms with E-state index in [-0.39, 0.29) is 11.8 Å². The molecule has 5 heteroatoms. The minimum Gasteiger partial charge on any atom is -0.493 e. The van der Waals surface area contributed by atoms with Gasteiger partial charge in [0.25, 0.3) is 5.91 Å². The highest BCUT2D eigenvalue weighted by Gasteiger charge is 2.27. The average molecular weight is 249 g/mol. The van der Waals surface area contributed by atoms with Gasteiger partial charge in [0, 0.05) is 18.5 Å². The van der Waals surface area contributed by atoms with Crippen LogP contribution in [0.4, 0.5) is 0 Å². The van der Waals surface area contributed by atoms with E-state index in [1.54, 1.807) is 18.2 Å². The molecular weight excluding hydrogens is 234 g/mol. The zero-order valence-electron chi connectivity index (χ0n) is 10.4. The highest BCUT2D eigenvalue weighted by molar-refractivity contribution is 6.05. The summed E-state index contributed by atoms with van der Waals surface area (Å²) < 4.78 is 10.2. The number of nitrogens with zero attached hydrogens (tertiary/aromatic N) is 1. The molecule has 0 N–H and O–H groups in total. The number of imide groups is 1. The molecule has 1 aromatic rings. The first-order chi connectivity index (χ1) is 8.67. The first kappa shape index (κ1) is 12.4. The molecule has 0 radical (unpaired) electrons. The van der Waals surface area contributed by atoms with Crippen molar-refractivity contribution in [1.29, 1.82) is 0 Å². The van der Waals surface area contributed by atoms with E-state index in [1.165, 1.54) is 19.1 Å². The molecule has 1 aliphatic rings. The lowest BCUT2D eigenvalue weighted by Crippen LogP contribution is -2.31. The molecule has 0 bridgehead atoms. The van der Waals surface area contributed by atoms with Gasteiger partial charge in [-0.1, -0.05) is 0 Å². The normalized spacial score (nSPS) is 14.8. The summed E-state index contributed by atoms with van der Waals surface area (Å²) in [5.74, 6) is 0.644. The maximum Gasteiger partial charge on any atom is 0.260 e. The fourth-order valence-corrected chi connectivity index (χ4v) is 1.99. The Morgan fingerprint density at radius 3 is 2.50 bits per heavy atom. The van der Waals surface area contributed by atoms with Crippen LogP contribution >= 0.6 is 0 Å². The molecular formula is C13H15NO4. The number of methoxy groups -OCH3 is 2. The Kier molecular flexibility index (Phi) is 3.50. The van der Waals surface area contributed by atoms with Gasteiger partial charge in [0.05, 0.1) is 14.2 Å². The maximum atomic E-state index is 12.1. The Bertz CT molecular complexity index is 484. The summed E-state index contributed by atoms with van der Waals surface area (Å²) in [6.07, 6.45) is 1.18. The van der Waals surface area contributed by atoms with Crippen LogP contribution in [-0.2, 0) is 4.79 Å². The molecule has 0 spiro atoms. The van der Waals surface area contributed by atoms with Crippen LogP contribution < -0.4 is 9.47 Å². The molecule has 1 heterocycles. The number of hydrogen-bond donors (Lipinski definition) is 0. The minimum absolute atomic E-state index is 0.116. The molecule has 2 amide bonds. The van der Waals surface area contributed by atoms with Crippen LogP contribution in [0.2, 0.25) is 0 Å². The van der Waals surface area contributed by atoms with Crippen molar-refractivity contribution < 1.29 is 19.1 Å². The molecule has 2 rings (SSSR count). The summed E-state index contributed by atoms with van der Waals surface area (Å²) in [5, 5.41) is 0. The lowest BCUT2D eigenvalue weighted by Gasteiger charge is -2.15. The van der Waals surface area contributed by atoms with Crippen molar-refractivity contribution in [2.75, 3.05) is 20.8 Å². The quantitative estimate of drug-likeness (QED) is 0.761. The van der Waals surface area contributed by atoms with E-state index in [2.05, 4.69) is 0 Å². The number of carbonyl (C=O) groups is 2. The summed E-state index contributed by atoms with van der Waals surface area (Å²) in [7, 11) is 3.04. The predicted octanol–water partition coefficient (Wildman–Crippen LogP) is 1.47. The zero-order chi connectivity index (χ0) is 13.1. The second-order valence-electron chi connectivity index (χ2n) is 4.02. The first-order valence-corrected chi connectivity index (χ1v) is 5.74. The number of benzene rings is 1. The van der Waals surface area contributed by atoms with Crippen molar-refractivity contribution in [3.8, 4) is 11.5 Å². The van der Waals surface area contributed by atoms with Crippen LogP contribution in [0.5, 0.6) is 11.5 Å². The van der Waals surface area contributed by atoms with Crippen LogP contribution in [0.25, 0.3) is 0 Å². The summed E-state index contributed by atoms with van der Waals surface area (Å²) in [6, 6.07) is 4.88. The monoisotopic (exact) mass is 249 g/mol. The Labute approximate surface area is 105 Å². The van der Waals surface area contributed by atoms with E-state index in [9.17, 15) is 9.59 Å². The third-order valence-electron chi connectivity index (χ3n) is 2.95. The largest absolute Gasteiger partial charge is 0.493 e. The van der Waals surface area contributed by atoms with Crippen molar-refractivity contribution in [3.63, 3.8) is 0 Å². The third-order valence-corrected chi connectivity index (χ3v) is 2.95. The van der Waals surface area contributed by atoms with E-state index < -0.39 is 0 Å². The van der Waals surface area contributed by atoms with Crippen molar-refractivity contribution in [1.82, 2.24) is 4.90 Å². The van der Waals surface area contributed by atoms with Gasteiger partial charge in [-0.05, 0) is 24.6 Å². The van der Waals surface area contributed by atoms with E-state index in [0.717, 1.165) is 6.42 Å². The van der Waals surface area contributed by atoms with Crippen LogP contribution in [-0.4, -0.2) is 37.5 Å². The van der Waals surface area contributed by atoms with Crippen LogP contribution in [0, 0.1) is 0 Å². The Hall–Kier alpha value is -2.04. The number of rotatable bonds is 3. The van der Waals surface area contributed by atoms with Crippen molar-refractivity contribution in [3.05, 3.63) is 23.8 Å². The van der Waals surface area contributed by atoms with E-state index in [4.69, 9.17) is 9.47 Å². The summed E-state index contributed by atoms with van der Waals surface area (Å²) in [4.78, 5) is 24.9. The van der Waals surface area contributed by atoms with Gasteiger partial charge < -0.3 is 9.47 Å². The lowest BCUT2D eigenvalue weighted by atomic mass is 10.1. The molecule has 5 nitrogen and oxygen atoms in total. The van der Waals surface area contributed by atoms with Crippen LogP contribution in [0.15, 0.2) is 18.2 Å². The second-order valence-corrected chi connectivity index (χ2v) is 4.02. The highest BCUT2D eigenvalue weighted by atomic mass is 16.5. The average Bonchev–Trinajstić information content (AvgIpc) is 2.83. The van der Waals surface area contributed by atoms with Gasteiger partial charge in [-0.15, -0.1) is 0 Å². The molecule has 0 saturated carbocycles. The maximum absolute atomic E-state index is 12.1. The molecule has 1 aromatic carbocycles. The van der Waals surface area contributed by atoms with Crippen LogP contribution in [0.3, 0.4) is 0 Å². The SMILES string of the molecule is COc1ccc(C(=O)N2CCCC2=O)cc1OC. The summed E-state index contributed by atoms with van der Waals surface area (Å²) >= 11 is 0. The first-order valence-electron chi connectivity index (χ1n) is 5.74. The number of hydrogen-bond acceptors (Lipinski definition) is 4. The van der Waals surface area contributed by atoms with Crippen molar-refractivity contribution in [2.24, 2.45) is 0 Å². The van der Waals surface area contributed by atoms with Gasteiger partial charge in [0.1, 0.15) is 0 Å². The van der Waals surface area contributed by atoms with E-state index in [0.29, 0.717) is 30.0 Å². The molecule has 1 fully saturated rings. The van der Waals surface area contributed by atoms with Gasteiger partial charge >= 0.3 is 0 Å². The molecule has 18 heavy (non-hydrogen) atoms. The second kappa shape index (κ2) is 5.08. The topological polar surface area (TPSA) is 55.8 Å². The van der Waals surface area contributed by atoms with Gasteiger partial charge in [-0.2, -0.15) is 0 Å². The Morgan fingerprint density at radius 2 is 1.94 bits per heavy atom. The number of carbonyl (C=O) groups excluding carboxylic acids is 2. The van der Waals surface area contributed by atoms with Gasteiger partial charge in [-0.3, -0.25) is 14.5 Å². The van der Waals surface area contributed by atoms with Crippen LogP contribution in [0.1, 0.15) is 23.2 Å². The van der Waals surface area contributed by atoms with E-state index >= 15 is 0 Å². The fraction of sp³-hybridized carbons (Fsp3) is 0.385. The van der Waals surface area contributed by atoms with Gasteiger partial charge in [0.2, 0.25) is 5.91 Å².